The molecule has 0 bridgehead atoms. The van der Waals surface area contributed by atoms with Gasteiger partial charge in [0.1, 0.15) is 5.82 Å². The van der Waals surface area contributed by atoms with E-state index >= 15 is 0 Å². The van der Waals surface area contributed by atoms with E-state index in [0.29, 0.717) is 6.04 Å². The third kappa shape index (κ3) is 4.07. The molecule has 0 saturated heterocycles. The lowest BCUT2D eigenvalue weighted by molar-refractivity contribution is 0.178. The van der Waals surface area contributed by atoms with Crippen LogP contribution in [0.5, 0.6) is 0 Å². The predicted octanol–water partition coefficient (Wildman–Crippen LogP) is 3.01. The highest BCUT2D eigenvalue weighted by atomic mass is 15.0. The van der Waals surface area contributed by atoms with Gasteiger partial charge in [-0.3, -0.25) is 0 Å². The molecule has 3 heteroatoms. The SMILES string of the molecule is CC1CCC(CNC(C)C)C(Cc2nccn2C)C1. The van der Waals surface area contributed by atoms with Crippen molar-refractivity contribution in [1.82, 2.24) is 14.9 Å². The summed E-state index contributed by atoms with van der Waals surface area (Å²) >= 11 is 0. The van der Waals surface area contributed by atoms with Gasteiger partial charge in [-0.25, -0.2) is 4.98 Å². The second-order valence-electron chi connectivity index (χ2n) is 6.66. The van der Waals surface area contributed by atoms with Crippen LogP contribution < -0.4 is 5.32 Å². The summed E-state index contributed by atoms with van der Waals surface area (Å²) in [6.07, 6.45) is 9.24. The Morgan fingerprint density at radius 1 is 1.37 bits per heavy atom. The van der Waals surface area contributed by atoms with Gasteiger partial charge in [0, 0.05) is 31.9 Å². The molecule has 3 unspecified atom stereocenters. The van der Waals surface area contributed by atoms with Crippen LogP contribution in [-0.4, -0.2) is 22.1 Å². The molecule has 0 radical (unpaired) electrons. The van der Waals surface area contributed by atoms with E-state index in [1.807, 2.05) is 6.20 Å². The van der Waals surface area contributed by atoms with Gasteiger partial charge >= 0.3 is 0 Å². The lowest BCUT2D eigenvalue weighted by Gasteiger charge is -2.35. The largest absolute Gasteiger partial charge is 0.338 e. The third-order valence-electron chi connectivity index (χ3n) is 4.56. The normalized spacial score (nSPS) is 27.9. The molecule has 1 N–H and O–H groups in total. The zero-order valence-corrected chi connectivity index (χ0v) is 12.9. The van der Waals surface area contributed by atoms with E-state index in [4.69, 9.17) is 0 Å². The van der Waals surface area contributed by atoms with E-state index in [9.17, 15) is 0 Å². The fraction of sp³-hybridized carbons (Fsp3) is 0.812. The highest BCUT2D eigenvalue weighted by Gasteiger charge is 2.29. The second-order valence-corrected chi connectivity index (χ2v) is 6.66. The molecule has 1 heterocycles. The van der Waals surface area contributed by atoms with Gasteiger partial charge in [0.25, 0.3) is 0 Å². The number of imidazole rings is 1. The van der Waals surface area contributed by atoms with Gasteiger partial charge < -0.3 is 9.88 Å². The van der Waals surface area contributed by atoms with Gasteiger partial charge in [-0.15, -0.1) is 0 Å². The predicted molar refractivity (Wildman–Crippen MR) is 80.0 cm³/mol. The van der Waals surface area contributed by atoms with Gasteiger partial charge in [-0.2, -0.15) is 0 Å². The van der Waals surface area contributed by atoms with Crippen molar-refractivity contribution < 1.29 is 0 Å². The van der Waals surface area contributed by atoms with E-state index < -0.39 is 0 Å². The summed E-state index contributed by atoms with van der Waals surface area (Å²) in [5.41, 5.74) is 0. The van der Waals surface area contributed by atoms with Crippen molar-refractivity contribution in [1.29, 1.82) is 0 Å². The fourth-order valence-corrected chi connectivity index (χ4v) is 3.29. The molecule has 108 valence electrons. The Hall–Kier alpha value is -0.830. The first-order valence-electron chi connectivity index (χ1n) is 7.75. The van der Waals surface area contributed by atoms with Crippen LogP contribution in [0.4, 0.5) is 0 Å². The van der Waals surface area contributed by atoms with E-state index in [2.05, 4.69) is 48.9 Å². The molecular weight excluding hydrogens is 234 g/mol. The van der Waals surface area contributed by atoms with Crippen LogP contribution in [0.2, 0.25) is 0 Å². The molecule has 3 atom stereocenters. The summed E-state index contributed by atoms with van der Waals surface area (Å²) in [4.78, 5) is 4.51. The summed E-state index contributed by atoms with van der Waals surface area (Å²) in [6.45, 7) is 8.04. The fourth-order valence-electron chi connectivity index (χ4n) is 3.29. The molecular formula is C16H29N3. The number of hydrogen-bond donors (Lipinski definition) is 1. The Balaban J connectivity index is 1.98. The van der Waals surface area contributed by atoms with Crippen molar-refractivity contribution in [2.75, 3.05) is 6.54 Å². The Morgan fingerprint density at radius 2 is 2.16 bits per heavy atom. The topological polar surface area (TPSA) is 29.9 Å². The van der Waals surface area contributed by atoms with Crippen molar-refractivity contribution in [2.45, 2.75) is 52.5 Å². The molecule has 0 aliphatic heterocycles. The molecule has 1 fully saturated rings. The van der Waals surface area contributed by atoms with Crippen LogP contribution in [0.15, 0.2) is 12.4 Å². The van der Waals surface area contributed by atoms with Crippen LogP contribution >= 0.6 is 0 Å². The Morgan fingerprint density at radius 3 is 2.79 bits per heavy atom. The average molecular weight is 263 g/mol. The maximum absolute atomic E-state index is 4.51. The van der Waals surface area contributed by atoms with Gasteiger partial charge in [-0.1, -0.05) is 27.2 Å². The molecule has 1 aliphatic rings. The number of nitrogens with one attached hydrogen (secondary N) is 1. The smallest absolute Gasteiger partial charge is 0.108 e. The minimum absolute atomic E-state index is 0.591. The van der Waals surface area contributed by atoms with Crippen LogP contribution in [0.25, 0.3) is 0 Å². The molecule has 1 saturated carbocycles. The average Bonchev–Trinajstić information content (AvgIpc) is 2.74. The van der Waals surface area contributed by atoms with Gasteiger partial charge in [-0.05, 0) is 37.1 Å². The molecule has 0 aromatic carbocycles. The highest BCUT2D eigenvalue weighted by Crippen LogP contribution is 2.35. The zero-order valence-electron chi connectivity index (χ0n) is 12.9. The summed E-state index contributed by atoms with van der Waals surface area (Å²) in [5, 5.41) is 3.63. The number of nitrogens with zero attached hydrogens (tertiary/aromatic N) is 2. The third-order valence-corrected chi connectivity index (χ3v) is 4.56. The molecule has 1 aromatic rings. The minimum atomic E-state index is 0.591. The zero-order chi connectivity index (χ0) is 13.8. The Bertz CT molecular complexity index is 383. The van der Waals surface area contributed by atoms with Crippen molar-refractivity contribution in [3.63, 3.8) is 0 Å². The van der Waals surface area contributed by atoms with Crippen molar-refractivity contribution in [2.24, 2.45) is 24.8 Å². The number of aryl methyl sites for hydroxylation is 1. The van der Waals surface area contributed by atoms with Crippen LogP contribution in [-0.2, 0) is 13.5 Å². The van der Waals surface area contributed by atoms with Crippen LogP contribution in [0.1, 0.15) is 45.9 Å². The first kappa shape index (κ1) is 14.6. The minimum Gasteiger partial charge on any atom is -0.338 e. The summed E-state index contributed by atoms with van der Waals surface area (Å²) in [7, 11) is 2.11. The summed E-state index contributed by atoms with van der Waals surface area (Å²) in [6, 6.07) is 0.591. The first-order chi connectivity index (χ1) is 9.06. The van der Waals surface area contributed by atoms with Gasteiger partial charge in [0.15, 0.2) is 0 Å². The Labute approximate surface area is 117 Å². The summed E-state index contributed by atoms with van der Waals surface area (Å²) < 4.78 is 2.17. The molecule has 2 rings (SSSR count). The maximum Gasteiger partial charge on any atom is 0.108 e. The van der Waals surface area contributed by atoms with Crippen LogP contribution in [0.3, 0.4) is 0 Å². The number of rotatable bonds is 5. The van der Waals surface area contributed by atoms with E-state index in [-0.39, 0.29) is 0 Å². The standard InChI is InChI=1S/C16H29N3/c1-12(2)18-11-14-6-5-13(3)9-15(14)10-16-17-7-8-19(16)4/h7-8,12-15,18H,5-6,9-11H2,1-4H3. The van der Waals surface area contributed by atoms with Crippen molar-refractivity contribution in [3.8, 4) is 0 Å². The van der Waals surface area contributed by atoms with Crippen LogP contribution in [0, 0.1) is 17.8 Å². The molecule has 1 aromatic heterocycles. The maximum atomic E-state index is 4.51. The van der Waals surface area contributed by atoms with E-state index in [1.54, 1.807) is 0 Å². The van der Waals surface area contributed by atoms with Crippen molar-refractivity contribution in [3.05, 3.63) is 18.2 Å². The molecule has 0 amide bonds. The van der Waals surface area contributed by atoms with E-state index in [0.717, 1.165) is 24.2 Å². The quantitative estimate of drug-likeness (QED) is 0.885. The monoisotopic (exact) mass is 263 g/mol. The number of aromatic nitrogens is 2. The molecule has 1 aliphatic carbocycles. The van der Waals surface area contributed by atoms with Gasteiger partial charge in [0.2, 0.25) is 0 Å². The lowest BCUT2D eigenvalue weighted by atomic mass is 9.73. The first-order valence-corrected chi connectivity index (χ1v) is 7.75. The lowest BCUT2D eigenvalue weighted by Crippen LogP contribution is -2.36. The molecule has 3 nitrogen and oxygen atoms in total. The highest BCUT2D eigenvalue weighted by molar-refractivity contribution is 4.95. The molecule has 19 heavy (non-hydrogen) atoms. The Kier molecular flexibility index (Phi) is 5.03. The summed E-state index contributed by atoms with van der Waals surface area (Å²) in [5.74, 6) is 3.72. The molecule has 0 spiro atoms. The van der Waals surface area contributed by atoms with Gasteiger partial charge in [0.05, 0.1) is 0 Å². The van der Waals surface area contributed by atoms with E-state index in [1.165, 1.54) is 31.6 Å². The second kappa shape index (κ2) is 6.56. The number of hydrogen-bond acceptors (Lipinski definition) is 2. The van der Waals surface area contributed by atoms with Crippen molar-refractivity contribution >= 4 is 0 Å².